The fourth-order valence-corrected chi connectivity index (χ4v) is 2.55. The molecule has 1 unspecified atom stereocenters. The Morgan fingerprint density at radius 3 is 2.52 bits per heavy atom. The summed E-state index contributed by atoms with van der Waals surface area (Å²) in [6.07, 6.45) is -0.766. The lowest BCUT2D eigenvalue weighted by molar-refractivity contribution is -0.137. The molecule has 1 atom stereocenters. The predicted molar refractivity (Wildman–Crippen MR) is 93.4 cm³/mol. The maximum Gasteiger partial charge on any atom is 0.339 e. The van der Waals surface area contributed by atoms with Crippen LogP contribution in [0.25, 0.3) is 0 Å². The van der Waals surface area contributed by atoms with Gasteiger partial charge >= 0.3 is 5.97 Å². The van der Waals surface area contributed by atoms with Gasteiger partial charge in [0.05, 0.1) is 16.6 Å². The number of ether oxygens (including phenoxy) is 1. The normalized spacial score (nSPS) is 11.9. The van der Waals surface area contributed by atoms with Crippen molar-refractivity contribution in [2.45, 2.75) is 26.5 Å². The van der Waals surface area contributed by atoms with E-state index in [0.29, 0.717) is 27.3 Å². The van der Waals surface area contributed by atoms with Crippen LogP contribution in [0.4, 0.5) is 0 Å². The monoisotopic (exact) mass is 385 g/mol. The molecule has 1 amide bonds. The van der Waals surface area contributed by atoms with Crippen molar-refractivity contribution in [2.75, 3.05) is 7.05 Å². The van der Waals surface area contributed by atoms with Gasteiger partial charge in [-0.25, -0.2) is 4.79 Å². The molecule has 25 heavy (non-hydrogen) atoms. The van der Waals surface area contributed by atoms with E-state index in [1.807, 2.05) is 0 Å². The maximum atomic E-state index is 12.4. The Hall–Kier alpha value is -2.18. The minimum Gasteiger partial charge on any atom is -0.481 e. The quantitative estimate of drug-likeness (QED) is 0.811. The van der Waals surface area contributed by atoms with E-state index in [1.165, 1.54) is 17.0 Å². The number of rotatable bonds is 6. The van der Waals surface area contributed by atoms with Gasteiger partial charge in [0, 0.05) is 13.1 Å². The molecule has 8 heteroatoms. The number of nitrogens with zero attached hydrogens (tertiary/aromatic N) is 1. The number of halogens is 2. The van der Waals surface area contributed by atoms with Crippen molar-refractivity contribution < 1.29 is 23.8 Å². The topological polar surface area (TPSA) is 80.0 Å². The number of hydrogen-bond donors (Lipinski definition) is 1. The van der Waals surface area contributed by atoms with Gasteiger partial charge in [0.15, 0.2) is 6.10 Å². The second-order valence-electron chi connectivity index (χ2n) is 5.52. The predicted octanol–water partition coefficient (Wildman–Crippen LogP) is 4.02. The highest BCUT2D eigenvalue weighted by molar-refractivity contribution is 6.42. The van der Waals surface area contributed by atoms with Gasteiger partial charge in [-0.1, -0.05) is 23.2 Å². The summed E-state index contributed by atoms with van der Waals surface area (Å²) in [5, 5.41) is 9.76. The van der Waals surface area contributed by atoms with Crippen LogP contribution in [-0.2, 0) is 11.3 Å². The highest BCUT2D eigenvalue weighted by Gasteiger charge is 2.22. The van der Waals surface area contributed by atoms with E-state index in [4.69, 9.17) is 37.5 Å². The lowest BCUT2D eigenvalue weighted by Gasteiger charge is -2.21. The number of hydrogen-bond acceptors (Lipinski definition) is 4. The average Bonchev–Trinajstić information content (AvgIpc) is 2.90. The van der Waals surface area contributed by atoms with Gasteiger partial charge in [0.2, 0.25) is 0 Å². The van der Waals surface area contributed by atoms with Gasteiger partial charge in [-0.3, -0.25) is 4.79 Å². The molecule has 0 fully saturated rings. The van der Waals surface area contributed by atoms with Crippen LogP contribution in [0.3, 0.4) is 0 Å². The molecule has 0 aliphatic heterocycles. The molecule has 0 radical (unpaired) electrons. The standard InChI is InChI=1S/C17H17Cl2NO5/c1-9-13(17(22)23)6-12(24-9)8-20(3)16(21)10(2)25-11-4-5-14(18)15(19)7-11/h4-7,10H,8H2,1-3H3,(H,22,23). The van der Waals surface area contributed by atoms with Crippen molar-refractivity contribution in [1.82, 2.24) is 4.90 Å². The fourth-order valence-electron chi connectivity index (χ4n) is 2.26. The molecular weight excluding hydrogens is 369 g/mol. The first-order valence-corrected chi connectivity index (χ1v) is 8.14. The second kappa shape index (κ2) is 7.80. The number of aryl methyl sites for hydroxylation is 1. The number of carboxylic acids is 1. The number of benzene rings is 1. The number of furan rings is 1. The molecule has 2 rings (SSSR count). The zero-order chi connectivity index (χ0) is 18.7. The van der Waals surface area contributed by atoms with Crippen LogP contribution in [0.1, 0.15) is 28.8 Å². The Balaban J connectivity index is 2.02. The van der Waals surface area contributed by atoms with Crippen molar-refractivity contribution in [1.29, 1.82) is 0 Å². The summed E-state index contributed by atoms with van der Waals surface area (Å²) in [6.45, 7) is 3.30. The van der Waals surface area contributed by atoms with Crippen LogP contribution in [0.2, 0.25) is 10.0 Å². The summed E-state index contributed by atoms with van der Waals surface area (Å²) in [5.41, 5.74) is 0.0796. The average molecular weight is 386 g/mol. The van der Waals surface area contributed by atoms with Crippen LogP contribution in [0, 0.1) is 6.92 Å². The summed E-state index contributed by atoms with van der Waals surface area (Å²) in [5.74, 6) is -0.267. The van der Waals surface area contributed by atoms with E-state index in [0.717, 1.165) is 0 Å². The molecule has 6 nitrogen and oxygen atoms in total. The number of aromatic carboxylic acids is 1. The molecule has 1 aromatic heterocycles. The summed E-state index contributed by atoms with van der Waals surface area (Å²) in [7, 11) is 1.58. The third-order valence-electron chi connectivity index (χ3n) is 3.52. The SMILES string of the molecule is Cc1oc(CN(C)C(=O)C(C)Oc2ccc(Cl)c(Cl)c2)cc1C(=O)O. The van der Waals surface area contributed by atoms with E-state index >= 15 is 0 Å². The molecule has 1 heterocycles. The Morgan fingerprint density at radius 1 is 1.28 bits per heavy atom. The Bertz CT molecular complexity index is 802. The van der Waals surface area contributed by atoms with E-state index < -0.39 is 12.1 Å². The zero-order valence-electron chi connectivity index (χ0n) is 13.9. The Labute approximate surface area is 154 Å². The summed E-state index contributed by atoms with van der Waals surface area (Å²) in [4.78, 5) is 24.8. The molecular formula is C17H17Cl2NO5. The number of carboxylic acid groups (broad SMARTS) is 1. The molecule has 0 aliphatic rings. The molecule has 1 aromatic carbocycles. The summed E-state index contributed by atoms with van der Waals surface area (Å²) < 4.78 is 11.0. The smallest absolute Gasteiger partial charge is 0.339 e. The third-order valence-corrected chi connectivity index (χ3v) is 4.26. The molecule has 2 aromatic rings. The lowest BCUT2D eigenvalue weighted by Crippen LogP contribution is -2.37. The van der Waals surface area contributed by atoms with Crippen molar-refractivity contribution in [3.8, 4) is 5.75 Å². The highest BCUT2D eigenvalue weighted by Crippen LogP contribution is 2.27. The van der Waals surface area contributed by atoms with Crippen molar-refractivity contribution in [3.05, 3.63) is 51.4 Å². The summed E-state index contributed by atoms with van der Waals surface area (Å²) in [6, 6.07) is 6.14. The van der Waals surface area contributed by atoms with Crippen LogP contribution in [0.5, 0.6) is 5.75 Å². The van der Waals surface area contributed by atoms with Gasteiger partial charge < -0.3 is 19.2 Å². The van der Waals surface area contributed by atoms with Gasteiger partial charge in [0.25, 0.3) is 5.91 Å². The number of carbonyl (C=O) groups is 2. The van der Waals surface area contributed by atoms with Crippen LogP contribution < -0.4 is 4.74 Å². The van der Waals surface area contributed by atoms with Gasteiger partial charge in [0.1, 0.15) is 22.8 Å². The molecule has 0 saturated heterocycles. The molecule has 0 spiro atoms. The van der Waals surface area contributed by atoms with Crippen molar-refractivity contribution >= 4 is 35.1 Å². The number of carbonyl (C=O) groups excluding carboxylic acids is 1. The minimum atomic E-state index is -1.07. The summed E-state index contributed by atoms with van der Waals surface area (Å²) >= 11 is 11.8. The van der Waals surface area contributed by atoms with Crippen molar-refractivity contribution in [2.24, 2.45) is 0 Å². The van der Waals surface area contributed by atoms with E-state index in [2.05, 4.69) is 0 Å². The van der Waals surface area contributed by atoms with Gasteiger partial charge in [-0.2, -0.15) is 0 Å². The molecule has 1 N–H and O–H groups in total. The number of likely N-dealkylation sites (N-methyl/N-ethyl adjacent to an activating group) is 1. The zero-order valence-corrected chi connectivity index (χ0v) is 15.4. The van der Waals surface area contributed by atoms with Gasteiger partial charge in [-0.15, -0.1) is 0 Å². The largest absolute Gasteiger partial charge is 0.481 e. The first kappa shape index (κ1) is 19.1. The third kappa shape index (κ3) is 4.67. The van der Waals surface area contributed by atoms with E-state index in [-0.39, 0.29) is 18.0 Å². The van der Waals surface area contributed by atoms with Gasteiger partial charge in [-0.05, 0) is 32.0 Å². The van der Waals surface area contributed by atoms with E-state index in [1.54, 1.807) is 33.0 Å². The van der Waals surface area contributed by atoms with Crippen LogP contribution in [-0.4, -0.2) is 35.0 Å². The van der Waals surface area contributed by atoms with Crippen molar-refractivity contribution in [3.63, 3.8) is 0 Å². The molecule has 0 bridgehead atoms. The maximum absolute atomic E-state index is 12.4. The fraction of sp³-hybridized carbons (Fsp3) is 0.294. The minimum absolute atomic E-state index is 0.0796. The Kier molecular flexibility index (Phi) is 5.98. The molecule has 0 saturated carbocycles. The van der Waals surface area contributed by atoms with Crippen LogP contribution >= 0.6 is 23.2 Å². The molecule has 0 aliphatic carbocycles. The Morgan fingerprint density at radius 2 is 1.96 bits per heavy atom. The lowest BCUT2D eigenvalue weighted by atomic mass is 10.2. The van der Waals surface area contributed by atoms with E-state index in [9.17, 15) is 9.59 Å². The molecule has 134 valence electrons. The first-order valence-electron chi connectivity index (χ1n) is 7.38. The number of amides is 1. The first-order chi connectivity index (χ1) is 11.7. The second-order valence-corrected chi connectivity index (χ2v) is 6.33. The highest BCUT2D eigenvalue weighted by atomic mass is 35.5. The van der Waals surface area contributed by atoms with Crippen LogP contribution in [0.15, 0.2) is 28.7 Å².